The van der Waals surface area contributed by atoms with Crippen molar-refractivity contribution in [2.24, 2.45) is 5.92 Å². The molecule has 0 aliphatic carbocycles. The van der Waals surface area contributed by atoms with Crippen LogP contribution >= 0.6 is 0 Å². The lowest BCUT2D eigenvalue weighted by atomic mass is 10.0. The monoisotopic (exact) mass is 258 g/mol. The van der Waals surface area contributed by atoms with Gasteiger partial charge in [-0.2, -0.15) is 5.10 Å². The minimum absolute atomic E-state index is 0.342. The average Bonchev–Trinajstić information content (AvgIpc) is 2.76. The fourth-order valence-corrected chi connectivity index (χ4v) is 2.02. The van der Waals surface area contributed by atoms with Gasteiger partial charge in [-0.15, -0.1) is 0 Å². The standard InChI is InChI=1S/C15H18N2O2/c1-10(2)8-17-9-13(7-16-17)12-5-4-11(3)14(6-12)15(18)19/h4-7,9-10H,8H2,1-3H3,(H,18,19). The van der Waals surface area contributed by atoms with Crippen LogP contribution < -0.4 is 0 Å². The van der Waals surface area contributed by atoms with Crippen molar-refractivity contribution in [1.82, 2.24) is 9.78 Å². The number of carboxylic acids is 1. The summed E-state index contributed by atoms with van der Waals surface area (Å²) in [6, 6.07) is 5.46. The molecule has 0 spiro atoms. The van der Waals surface area contributed by atoms with Crippen LogP contribution in [-0.2, 0) is 6.54 Å². The van der Waals surface area contributed by atoms with E-state index in [-0.39, 0.29) is 0 Å². The van der Waals surface area contributed by atoms with Gasteiger partial charge in [-0.25, -0.2) is 4.79 Å². The van der Waals surface area contributed by atoms with Crippen molar-refractivity contribution in [2.75, 3.05) is 0 Å². The molecule has 0 unspecified atom stereocenters. The maximum atomic E-state index is 11.1. The second kappa shape index (κ2) is 5.26. The Morgan fingerprint density at radius 3 is 2.74 bits per heavy atom. The average molecular weight is 258 g/mol. The minimum atomic E-state index is -0.895. The molecule has 0 amide bonds. The van der Waals surface area contributed by atoms with Crippen LogP contribution in [0.1, 0.15) is 29.8 Å². The first-order valence-electron chi connectivity index (χ1n) is 6.34. The summed E-state index contributed by atoms with van der Waals surface area (Å²) in [5.41, 5.74) is 2.95. The number of benzene rings is 1. The van der Waals surface area contributed by atoms with E-state index in [2.05, 4.69) is 18.9 Å². The molecule has 0 saturated heterocycles. The Morgan fingerprint density at radius 2 is 2.11 bits per heavy atom. The van der Waals surface area contributed by atoms with Crippen LogP contribution in [0.15, 0.2) is 30.6 Å². The molecule has 1 aromatic heterocycles. The first-order valence-corrected chi connectivity index (χ1v) is 6.34. The van der Waals surface area contributed by atoms with E-state index in [1.54, 1.807) is 19.2 Å². The quantitative estimate of drug-likeness (QED) is 0.916. The third-order valence-corrected chi connectivity index (χ3v) is 2.99. The number of nitrogens with zero attached hydrogens (tertiary/aromatic N) is 2. The smallest absolute Gasteiger partial charge is 0.335 e. The summed E-state index contributed by atoms with van der Waals surface area (Å²) in [5.74, 6) is -0.366. The second-order valence-electron chi connectivity index (χ2n) is 5.18. The van der Waals surface area contributed by atoms with Crippen molar-refractivity contribution in [3.05, 3.63) is 41.7 Å². The topological polar surface area (TPSA) is 55.1 Å². The normalized spacial score (nSPS) is 10.9. The molecule has 2 aromatic rings. The van der Waals surface area contributed by atoms with E-state index >= 15 is 0 Å². The highest BCUT2D eigenvalue weighted by Gasteiger charge is 2.10. The summed E-state index contributed by atoms with van der Waals surface area (Å²) >= 11 is 0. The Labute approximate surface area is 112 Å². The van der Waals surface area contributed by atoms with Crippen LogP contribution in [0.2, 0.25) is 0 Å². The number of aromatic carboxylic acids is 1. The molecule has 1 aromatic carbocycles. The van der Waals surface area contributed by atoms with Gasteiger partial charge in [-0.05, 0) is 30.0 Å². The molecular weight excluding hydrogens is 240 g/mol. The summed E-state index contributed by atoms with van der Waals surface area (Å²) in [7, 11) is 0. The van der Waals surface area contributed by atoms with Crippen LogP contribution in [0.3, 0.4) is 0 Å². The number of hydrogen-bond acceptors (Lipinski definition) is 2. The van der Waals surface area contributed by atoms with Gasteiger partial charge in [-0.3, -0.25) is 4.68 Å². The minimum Gasteiger partial charge on any atom is -0.478 e. The molecule has 0 bridgehead atoms. The third-order valence-electron chi connectivity index (χ3n) is 2.99. The predicted molar refractivity (Wildman–Crippen MR) is 74.2 cm³/mol. The highest BCUT2D eigenvalue weighted by atomic mass is 16.4. The summed E-state index contributed by atoms with van der Waals surface area (Å²) in [6.07, 6.45) is 3.73. The molecule has 0 saturated carbocycles. The van der Waals surface area contributed by atoms with E-state index in [1.165, 1.54) is 0 Å². The van der Waals surface area contributed by atoms with E-state index in [0.717, 1.165) is 23.2 Å². The zero-order chi connectivity index (χ0) is 14.0. The van der Waals surface area contributed by atoms with E-state index in [1.807, 2.05) is 23.0 Å². The predicted octanol–water partition coefficient (Wildman–Crippen LogP) is 3.21. The maximum Gasteiger partial charge on any atom is 0.335 e. The number of hydrogen-bond donors (Lipinski definition) is 1. The number of carboxylic acid groups (broad SMARTS) is 1. The van der Waals surface area contributed by atoms with E-state index in [9.17, 15) is 4.79 Å². The molecular formula is C15H18N2O2. The first-order chi connectivity index (χ1) is 8.97. The molecule has 19 heavy (non-hydrogen) atoms. The van der Waals surface area contributed by atoms with Crippen LogP contribution in [0.4, 0.5) is 0 Å². The summed E-state index contributed by atoms with van der Waals surface area (Å²) in [6.45, 7) is 6.93. The Bertz CT molecular complexity index is 600. The van der Waals surface area contributed by atoms with Crippen molar-refractivity contribution in [3.63, 3.8) is 0 Å². The molecule has 0 aliphatic heterocycles. The van der Waals surface area contributed by atoms with Gasteiger partial charge in [-0.1, -0.05) is 26.0 Å². The Kier molecular flexibility index (Phi) is 3.69. The zero-order valence-electron chi connectivity index (χ0n) is 11.4. The number of carbonyl (C=O) groups is 1. The molecule has 1 heterocycles. The van der Waals surface area contributed by atoms with Crippen LogP contribution in [0, 0.1) is 12.8 Å². The van der Waals surface area contributed by atoms with Crippen molar-refractivity contribution in [3.8, 4) is 11.1 Å². The van der Waals surface area contributed by atoms with Crippen LogP contribution in [-0.4, -0.2) is 20.9 Å². The highest BCUT2D eigenvalue weighted by molar-refractivity contribution is 5.91. The number of aromatic nitrogens is 2. The molecule has 0 aliphatic rings. The maximum absolute atomic E-state index is 11.1. The van der Waals surface area contributed by atoms with Gasteiger partial charge >= 0.3 is 5.97 Å². The molecule has 0 atom stereocenters. The van der Waals surface area contributed by atoms with Gasteiger partial charge in [0, 0.05) is 18.3 Å². The van der Waals surface area contributed by atoms with Gasteiger partial charge in [0.1, 0.15) is 0 Å². The fourth-order valence-electron chi connectivity index (χ4n) is 2.02. The van der Waals surface area contributed by atoms with E-state index in [0.29, 0.717) is 11.5 Å². The molecule has 1 N–H and O–H groups in total. The number of rotatable bonds is 4. The van der Waals surface area contributed by atoms with Crippen molar-refractivity contribution >= 4 is 5.97 Å². The van der Waals surface area contributed by atoms with Gasteiger partial charge in [0.2, 0.25) is 0 Å². The van der Waals surface area contributed by atoms with Gasteiger partial charge in [0.15, 0.2) is 0 Å². The second-order valence-corrected chi connectivity index (χ2v) is 5.18. The Morgan fingerprint density at radius 1 is 1.37 bits per heavy atom. The van der Waals surface area contributed by atoms with E-state index < -0.39 is 5.97 Å². The van der Waals surface area contributed by atoms with Gasteiger partial charge in [0.05, 0.1) is 11.8 Å². The first kappa shape index (κ1) is 13.3. The van der Waals surface area contributed by atoms with Gasteiger partial charge in [0.25, 0.3) is 0 Å². The summed E-state index contributed by atoms with van der Waals surface area (Å²) in [4.78, 5) is 11.1. The molecule has 0 fully saturated rings. The van der Waals surface area contributed by atoms with Crippen LogP contribution in [0.5, 0.6) is 0 Å². The Hall–Kier alpha value is -2.10. The van der Waals surface area contributed by atoms with Crippen LogP contribution in [0.25, 0.3) is 11.1 Å². The largest absolute Gasteiger partial charge is 0.478 e. The lowest BCUT2D eigenvalue weighted by Crippen LogP contribution is -2.04. The third kappa shape index (κ3) is 3.02. The van der Waals surface area contributed by atoms with E-state index in [4.69, 9.17) is 5.11 Å². The molecule has 100 valence electrons. The highest BCUT2D eigenvalue weighted by Crippen LogP contribution is 2.22. The molecule has 4 nitrogen and oxygen atoms in total. The Balaban J connectivity index is 2.34. The molecule has 0 radical (unpaired) electrons. The van der Waals surface area contributed by atoms with Crippen molar-refractivity contribution < 1.29 is 9.90 Å². The number of aryl methyl sites for hydroxylation is 1. The summed E-state index contributed by atoms with van der Waals surface area (Å²) < 4.78 is 1.89. The van der Waals surface area contributed by atoms with Crippen molar-refractivity contribution in [2.45, 2.75) is 27.3 Å². The van der Waals surface area contributed by atoms with Gasteiger partial charge < -0.3 is 5.11 Å². The SMILES string of the molecule is Cc1ccc(-c2cnn(CC(C)C)c2)cc1C(=O)O. The summed E-state index contributed by atoms with van der Waals surface area (Å²) in [5, 5.41) is 13.4. The fraction of sp³-hybridized carbons (Fsp3) is 0.333. The zero-order valence-corrected chi connectivity index (χ0v) is 11.4. The lowest BCUT2D eigenvalue weighted by Gasteiger charge is -2.05. The molecule has 2 rings (SSSR count). The lowest BCUT2D eigenvalue weighted by molar-refractivity contribution is 0.0696. The van der Waals surface area contributed by atoms with Crippen molar-refractivity contribution in [1.29, 1.82) is 0 Å². The molecule has 4 heteroatoms.